The Morgan fingerprint density at radius 1 is 0.750 bits per heavy atom. The van der Waals surface area contributed by atoms with Gasteiger partial charge in [-0.3, -0.25) is 14.5 Å². The third-order valence-electron chi connectivity index (χ3n) is 8.38. The lowest BCUT2D eigenvalue weighted by atomic mass is 9.92. The SMILES string of the molecule is O=C(c1c2ccccc2cc2ccccc12)N1CCC(N2CCC[C@H](C(=O)N3CCOCC3)C2)CC1. The van der Waals surface area contributed by atoms with Crippen molar-refractivity contribution >= 4 is 33.4 Å². The Labute approximate surface area is 212 Å². The topological polar surface area (TPSA) is 53.1 Å². The first-order valence-corrected chi connectivity index (χ1v) is 13.5. The highest BCUT2D eigenvalue weighted by Crippen LogP contribution is 2.31. The number of benzene rings is 3. The predicted molar refractivity (Wildman–Crippen MR) is 142 cm³/mol. The average molecular weight is 486 g/mol. The Hall–Kier alpha value is -2.96. The van der Waals surface area contributed by atoms with E-state index in [4.69, 9.17) is 4.74 Å². The second kappa shape index (κ2) is 10.2. The summed E-state index contributed by atoms with van der Waals surface area (Å²) < 4.78 is 5.43. The van der Waals surface area contributed by atoms with Crippen molar-refractivity contribution < 1.29 is 14.3 Å². The van der Waals surface area contributed by atoms with Crippen molar-refractivity contribution in [1.82, 2.24) is 14.7 Å². The fourth-order valence-corrected chi connectivity index (χ4v) is 6.42. The Morgan fingerprint density at radius 2 is 1.39 bits per heavy atom. The molecule has 0 N–H and O–H groups in total. The monoisotopic (exact) mass is 485 g/mol. The molecule has 3 fully saturated rings. The number of rotatable bonds is 3. The molecule has 3 aromatic carbocycles. The lowest BCUT2D eigenvalue weighted by Crippen LogP contribution is -2.53. The molecule has 0 saturated carbocycles. The number of piperidine rings is 2. The highest BCUT2D eigenvalue weighted by molar-refractivity contribution is 6.18. The smallest absolute Gasteiger partial charge is 0.255 e. The molecule has 0 unspecified atom stereocenters. The molecule has 0 aliphatic carbocycles. The molecule has 3 heterocycles. The number of carbonyl (C=O) groups excluding carboxylic acids is 2. The van der Waals surface area contributed by atoms with Gasteiger partial charge in [0.2, 0.25) is 5.91 Å². The summed E-state index contributed by atoms with van der Waals surface area (Å²) in [6.45, 7) is 6.18. The van der Waals surface area contributed by atoms with Crippen molar-refractivity contribution in [2.45, 2.75) is 31.7 Å². The van der Waals surface area contributed by atoms with Crippen LogP contribution in [-0.4, -0.2) is 85.0 Å². The highest BCUT2D eigenvalue weighted by atomic mass is 16.5. The van der Waals surface area contributed by atoms with E-state index in [0.29, 0.717) is 25.2 Å². The highest BCUT2D eigenvalue weighted by Gasteiger charge is 2.35. The van der Waals surface area contributed by atoms with Gasteiger partial charge in [-0.15, -0.1) is 0 Å². The largest absolute Gasteiger partial charge is 0.378 e. The molecule has 0 aromatic heterocycles. The summed E-state index contributed by atoms with van der Waals surface area (Å²) in [6, 6.07) is 19.1. The van der Waals surface area contributed by atoms with E-state index in [9.17, 15) is 9.59 Å². The summed E-state index contributed by atoms with van der Waals surface area (Å²) in [4.78, 5) is 33.5. The van der Waals surface area contributed by atoms with Crippen LogP contribution in [0, 0.1) is 5.92 Å². The molecule has 3 saturated heterocycles. The van der Waals surface area contributed by atoms with Crippen molar-refractivity contribution in [2.24, 2.45) is 5.92 Å². The Kier molecular flexibility index (Phi) is 6.63. The van der Waals surface area contributed by atoms with Crippen LogP contribution >= 0.6 is 0 Å². The van der Waals surface area contributed by atoms with Crippen LogP contribution in [-0.2, 0) is 9.53 Å². The van der Waals surface area contributed by atoms with Crippen LogP contribution in [0.5, 0.6) is 0 Å². The molecule has 6 rings (SSSR count). The number of fused-ring (bicyclic) bond motifs is 2. The number of morpholine rings is 1. The maximum Gasteiger partial charge on any atom is 0.255 e. The Bertz CT molecular complexity index is 1210. The zero-order valence-electron chi connectivity index (χ0n) is 20.9. The van der Waals surface area contributed by atoms with E-state index in [1.165, 1.54) is 0 Å². The van der Waals surface area contributed by atoms with Crippen LogP contribution in [0.1, 0.15) is 36.0 Å². The number of amides is 2. The molecule has 1 atom stereocenters. The van der Waals surface area contributed by atoms with E-state index >= 15 is 0 Å². The van der Waals surface area contributed by atoms with Gasteiger partial charge in [-0.25, -0.2) is 0 Å². The number of hydrogen-bond acceptors (Lipinski definition) is 4. The van der Waals surface area contributed by atoms with E-state index < -0.39 is 0 Å². The van der Waals surface area contributed by atoms with Gasteiger partial charge in [0, 0.05) is 38.8 Å². The lowest BCUT2D eigenvalue weighted by molar-refractivity contribution is -0.141. The number of carbonyl (C=O) groups is 2. The van der Waals surface area contributed by atoms with E-state index in [2.05, 4.69) is 35.2 Å². The predicted octanol–water partition coefficient (Wildman–Crippen LogP) is 4.17. The molecule has 3 aliphatic rings. The zero-order chi connectivity index (χ0) is 24.5. The minimum absolute atomic E-state index is 0.0959. The third-order valence-corrected chi connectivity index (χ3v) is 8.38. The van der Waals surface area contributed by atoms with Gasteiger partial charge in [-0.05, 0) is 59.8 Å². The molecular weight excluding hydrogens is 450 g/mol. The second-order valence-electron chi connectivity index (χ2n) is 10.5. The minimum Gasteiger partial charge on any atom is -0.378 e. The van der Waals surface area contributed by atoms with Crippen LogP contribution in [0.15, 0.2) is 54.6 Å². The maximum atomic E-state index is 13.9. The van der Waals surface area contributed by atoms with Gasteiger partial charge >= 0.3 is 0 Å². The molecule has 0 radical (unpaired) electrons. The third kappa shape index (κ3) is 4.48. The van der Waals surface area contributed by atoms with Gasteiger partial charge in [0.25, 0.3) is 5.91 Å². The molecule has 36 heavy (non-hydrogen) atoms. The van der Waals surface area contributed by atoms with Gasteiger partial charge in [0.1, 0.15) is 0 Å². The molecule has 0 bridgehead atoms. The van der Waals surface area contributed by atoms with Gasteiger partial charge < -0.3 is 14.5 Å². The summed E-state index contributed by atoms with van der Waals surface area (Å²) in [7, 11) is 0. The first-order valence-electron chi connectivity index (χ1n) is 13.5. The summed E-state index contributed by atoms with van der Waals surface area (Å²) in [5, 5.41) is 4.28. The summed E-state index contributed by atoms with van der Waals surface area (Å²) in [5.41, 5.74) is 0.830. The minimum atomic E-state index is 0.0959. The van der Waals surface area contributed by atoms with Gasteiger partial charge in [-0.1, -0.05) is 48.5 Å². The molecule has 2 amide bonds. The molecule has 3 aliphatic heterocycles. The second-order valence-corrected chi connectivity index (χ2v) is 10.5. The van der Waals surface area contributed by atoms with Crippen LogP contribution in [0.2, 0.25) is 0 Å². The molecular formula is C30H35N3O3. The fraction of sp³-hybridized carbons (Fsp3) is 0.467. The molecule has 3 aromatic rings. The quantitative estimate of drug-likeness (QED) is 0.523. The molecule has 188 valence electrons. The van der Waals surface area contributed by atoms with Crippen molar-refractivity contribution in [3.05, 3.63) is 60.2 Å². The molecule has 6 nitrogen and oxygen atoms in total. The molecule has 6 heteroatoms. The van der Waals surface area contributed by atoms with Gasteiger partial charge in [0.15, 0.2) is 0 Å². The van der Waals surface area contributed by atoms with E-state index in [1.807, 2.05) is 34.1 Å². The maximum absolute atomic E-state index is 13.9. The normalized spacial score (nSPS) is 22.3. The standard InChI is InChI=1S/C30H35N3O3/c34-29(32-16-18-36-19-17-32)24-8-5-13-33(21-24)25-11-14-31(15-12-25)30(35)28-26-9-3-1-6-22(26)20-23-7-2-4-10-27(23)28/h1-4,6-7,9-10,20,24-25H,5,8,11-19,21H2/t24-/m0/s1. The first-order chi connectivity index (χ1) is 17.7. The molecule has 0 spiro atoms. The first kappa shape index (κ1) is 23.4. The fourth-order valence-electron chi connectivity index (χ4n) is 6.42. The number of ether oxygens (including phenoxy) is 1. The summed E-state index contributed by atoms with van der Waals surface area (Å²) in [5.74, 6) is 0.539. The van der Waals surface area contributed by atoms with Gasteiger partial charge in [0.05, 0.1) is 24.7 Å². The van der Waals surface area contributed by atoms with Crippen LogP contribution in [0.4, 0.5) is 0 Å². The average Bonchev–Trinajstić information content (AvgIpc) is 2.96. The van der Waals surface area contributed by atoms with Crippen molar-refractivity contribution in [1.29, 1.82) is 0 Å². The summed E-state index contributed by atoms with van der Waals surface area (Å²) >= 11 is 0. The Balaban J connectivity index is 1.15. The number of likely N-dealkylation sites (tertiary alicyclic amines) is 2. The van der Waals surface area contributed by atoms with Crippen molar-refractivity contribution in [3.8, 4) is 0 Å². The van der Waals surface area contributed by atoms with E-state index in [-0.39, 0.29) is 11.8 Å². The van der Waals surface area contributed by atoms with Gasteiger partial charge in [-0.2, -0.15) is 0 Å². The van der Waals surface area contributed by atoms with Crippen molar-refractivity contribution in [2.75, 3.05) is 52.5 Å². The van der Waals surface area contributed by atoms with Crippen LogP contribution in [0.25, 0.3) is 21.5 Å². The van der Waals surface area contributed by atoms with Crippen molar-refractivity contribution in [3.63, 3.8) is 0 Å². The summed E-state index contributed by atoms with van der Waals surface area (Å²) in [6.07, 6.45) is 3.99. The lowest BCUT2D eigenvalue weighted by Gasteiger charge is -2.43. The van der Waals surface area contributed by atoms with E-state index in [1.54, 1.807) is 0 Å². The number of nitrogens with zero attached hydrogens (tertiary/aromatic N) is 3. The van der Waals surface area contributed by atoms with Crippen LogP contribution in [0.3, 0.4) is 0 Å². The zero-order valence-corrected chi connectivity index (χ0v) is 20.9. The van der Waals surface area contributed by atoms with E-state index in [0.717, 1.165) is 92.1 Å². The number of hydrogen-bond donors (Lipinski definition) is 0. The Morgan fingerprint density at radius 3 is 2.06 bits per heavy atom. The van der Waals surface area contributed by atoms with Crippen LogP contribution < -0.4 is 0 Å².